The number of rotatable bonds is 4. The number of nitrogens with zero attached hydrogens (tertiary/aromatic N) is 2. The van der Waals surface area contributed by atoms with Crippen molar-refractivity contribution < 1.29 is 9.53 Å². The predicted octanol–water partition coefficient (Wildman–Crippen LogP) is 5.08. The molecule has 26 heavy (non-hydrogen) atoms. The monoisotopic (exact) mass is 386 g/mol. The molecular weight excluding hydrogens is 368 g/mol. The molecule has 1 aromatic heterocycles. The zero-order chi connectivity index (χ0) is 18.1. The number of carbonyl (C=O) groups is 1. The molecule has 0 aliphatic carbocycles. The number of benzene rings is 2. The number of halogens is 1. The van der Waals surface area contributed by atoms with Gasteiger partial charge in [0.05, 0.1) is 22.9 Å². The lowest BCUT2D eigenvalue weighted by Crippen LogP contribution is -2.37. The Balaban J connectivity index is 1.74. The molecule has 2 aromatic carbocycles. The Kier molecular flexibility index (Phi) is 4.94. The SMILES string of the molecule is Cc1cc(Cl)cc2sc(N(CC3CCCO3)C(=O)c3ccccc3)nc12. The summed E-state index contributed by atoms with van der Waals surface area (Å²) in [7, 11) is 0. The summed E-state index contributed by atoms with van der Waals surface area (Å²) in [4.78, 5) is 19.7. The first-order valence-electron chi connectivity index (χ1n) is 8.67. The van der Waals surface area contributed by atoms with Crippen LogP contribution in [0, 0.1) is 6.92 Å². The van der Waals surface area contributed by atoms with Gasteiger partial charge < -0.3 is 4.74 Å². The second-order valence-corrected chi connectivity index (χ2v) is 7.93. The van der Waals surface area contributed by atoms with Gasteiger partial charge in [0.1, 0.15) is 0 Å². The number of aromatic nitrogens is 1. The molecule has 3 aromatic rings. The van der Waals surface area contributed by atoms with Crippen molar-refractivity contribution in [2.45, 2.75) is 25.9 Å². The first kappa shape index (κ1) is 17.5. The van der Waals surface area contributed by atoms with Gasteiger partial charge in [-0.3, -0.25) is 9.69 Å². The number of hydrogen-bond donors (Lipinski definition) is 0. The van der Waals surface area contributed by atoms with E-state index < -0.39 is 0 Å². The lowest BCUT2D eigenvalue weighted by atomic mass is 10.2. The quantitative estimate of drug-likeness (QED) is 0.627. The number of ether oxygens (including phenoxy) is 1. The molecule has 4 nitrogen and oxygen atoms in total. The van der Waals surface area contributed by atoms with E-state index in [1.807, 2.05) is 49.4 Å². The van der Waals surface area contributed by atoms with Gasteiger partial charge in [-0.1, -0.05) is 41.1 Å². The fourth-order valence-corrected chi connectivity index (χ4v) is 4.66. The van der Waals surface area contributed by atoms with Crippen LogP contribution in [0.15, 0.2) is 42.5 Å². The molecule has 1 amide bonds. The van der Waals surface area contributed by atoms with Crippen LogP contribution in [0.4, 0.5) is 5.13 Å². The van der Waals surface area contributed by atoms with Crippen molar-refractivity contribution in [2.24, 2.45) is 0 Å². The van der Waals surface area contributed by atoms with Crippen molar-refractivity contribution >= 4 is 44.2 Å². The van der Waals surface area contributed by atoms with Crippen LogP contribution in [0.3, 0.4) is 0 Å². The maximum Gasteiger partial charge on any atom is 0.260 e. The summed E-state index contributed by atoms with van der Waals surface area (Å²) in [5, 5.41) is 1.37. The van der Waals surface area contributed by atoms with Gasteiger partial charge in [-0.15, -0.1) is 0 Å². The van der Waals surface area contributed by atoms with E-state index in [1.54, 1.807) is 4.90 Å². The highest BCUT2D eigenvalue weighted by molar-refractivity contribution is 7.22. The number of amides is 1. The van der Waals surface area contributed by atoms with Crippen molar-refractivity contribution in [3.8, 4) is 0 Å². The molecule has 2 heterocycles. The second-order valence-electron chi connectivity index (χ2n) is 6.48. The van der Waals surface area contributed by atoms with Crippen molar-refractivity contribution in [3.05, 3.63) is 58.6 Å². The average molecular weight is 387 g/mol. The number of thiazole rings is 1. The Hall–Kier alpha value is -1.95. The lowest BCUT2D eigenvalue weighted by molar-refractivity contribution is 0.0917. The van der Waals surface area contributed by atoms with E-state index in [-0.39, 0.29) is 12.0 Å². The average Bonchev–Trinajstić information content (AvgIpc) is 3.29. The van der Waals surface area contributed by atoms with E-state index in [9.17, 15) is 4.79 Å². The van der Waals surface area contributed by atoms with E-state index in [4.69, 9.17) is 21.3 Å². The number of hydrogen-bond acceptors (Lipinski definition) is 4. The summed E-state index contributed by atoms with van der Waals surface area (Å²) in [5.74, 6) is -0.0519. The number of anilines is 1. The predicted molar refractivity (Wildman–Crippen MR) is 106 cm³/mol. The molecule has 1 unspecified atom stereocenters. The first-order valence-corrected chi connectivity index (χ1v) is 9.86. The van der Waals surface area contributed by atoms with Gasteiger partial charge in [0.25, 0.3) is 5.91 Å². The smallest absolute Gasteiger partial charge is 0.260 e. The summed E-state index contributed by atoms with van der Waals surface area (Å²) < 4.78 is 6.76. The zero-order valence-electron chi connectivity index (χ0n) is 14.4. The summed E-state index contributed by atoms with van der Waals surface area (Å²) in [6, 6.07) is 13.1. The van der Waals surface area contributed by atoms with E-state index in [1.165, 1.54) is 11.3 Å². The normalized spacial score (nSPS) is 16.9. The lowest BCUT2D eigenvalue weighted by Gasteiger charge is -2.23. The third kappa shape index (κ3) is 3.47. The summed E-state index contributed by atoms with van der Waals surface area (Å²) >= 11 is 7.68. The molecule has 0 spiro atoms. The van der Waals surface area contributed by atoms with Gasteiger partial charge >= 0.3 is 0 Å². The van der Waals surface area contributed by atoms with Crippen LogP contribution in [0.25, 0.3) is 10.2 Å². The Morgan fingerprint density at radius 3 is 2.88 bits per heavy atom. The number of carbonyl (C=O) groups excluding carboxylic acids is 1. The molecule has 1 fully saturated rings. The van der Waals surface area contributed by atoms with Gasteiger partial charge in [0.15, 0.2) is 5.13 Å². The van der Waals surface area contributed by atoms with Gasteiger partial charge in [-0.2, -0.15) is 0 Å². The Bertz CT molecular complexity index is 936. The Morgan fingerprint density at radius 2 is 2.15 bits per heavy atom. The second kappa shape index (κ2) is 7.35. The van der Waals surface area contributed by atoms with Gasteiger partial charge in [0.2, 0.25) is 0 Å². The van der Waals surface area contributed by atoms with Gasteiger partial charge in [0, 0.05) is 17.2 Å². The molecule has 0 radical (unpaired) electrons. The van der Waals surface area contributed by atoms with Crippen molar-refractivity contribution in [1.82, 2.24) is 4.98 Å². The van der Waals surface area contributed by atoms with Gasteiger partial charge in [-0.05, 0) is 49.6 Å². The molecule has 1 atom stereocenters. The number of fused-ring (bicyclic) bond motifs is 1. The molecule has 0 saturated carbocycles. The minimum absolute atomic E-state index is 0.0519. The van der Waals surface area contributed by atoms with Crippen molar-refractivity contribution in [2.75, 3.05) is 18.1 Å². The van der Waals surface area contributed by atoms with Crippen LogP contribution in [0.1, 0.15) is 28.8 Å². The highest BCUT2D eigenvalue weighted by Gasteiger charge is 2.27. The molecule has 1 aliphatic rings. The van der Waals surface area contributed by atoms with Crippen LogP contribution in [-0.2, 0) is 4.74 Å². The molecule has 0 N–H and O–H groups in total. The fraction of sp³-hybridized carbons (Fsp3) is 0.300. The summed E-state index contributed by atoms with van der Waals surface area (Å²) in [6.45, 7) is 3.26. The van der Waals surface area contributed by atoms with E-state index >= 15 is 0 Å². The molecule has 1 aliphatic heterocycles. The van der Waals surface area contributed by atoms with E-state index in [0.717, 1.165) is 35.2 Å². The van der Waals surface area contributed by atoms with Crippen LogP contribution >= 0.6 is 22.9 Å². The minimum Gasteiger partial charge on any atom is -0.376 e. The molecule has 134 valence electrons. The van der Waals surface area contributed by atoms with Crippen molar-refractivity contribution in [1.29, 1.82) is 0 Å². The topological polar surface area (TPSA) is 42.4 Å². The molecule has 0 bridgehead atoms. The van der Waals surface area contributed by atoms with E-state index in [2.05, 4.69) is 0 Å². The van der Waals surface area contributed by atoms with Crippen LogP contribution in [0.5, 0.6) is 0 Å². The highest BCUT2D eigenvalue weighted by atomic mass is 35.5. The van der Waals surface area contributed by atoms with Crippen LogP contribution in [0.2, 0.25) is 5.02 Å². The molecule has 1 saturated heterocycles. The zero-order valence-corrected chi connectivity index (χ0v) is 16.0. The highest BCUT2D eigenvalue weighted by Crippen LogP contribution is 2.34. The maximum absolute atomic E-state index is 13.2. The minimum atomic E-state index is -0.0519. The molecule has 6 heteroatoms. The number of aryl methyl sites for hydroxylation is 1. The largest absolute Gasteiger partial charge is 0.376 e. The van der Waals surface area contributed by atoms with Gasteiger partial charge in [-0.25, -0.2) is 4.98 Å². The third-order valence-corrected chi connectivity index (χ3v) is 5.79. The fourth-order valence-electron chi connectivity index (χ4n) is 3.23. The summed E-state index contributed by atoms with van der Waals surface area (Å²) in [5.41, 5.74) is 2.56. The van der Waals surface area contributed by atoms with Crippen LogP contribution in [-0.4, -0.2) is 30.1 Å². The maximum atomic E-state index is 13.2. The first-order chi connectivity index (χ1) is 12.6. The molecular formula is C20H19ClN2O2S. The third-order valence-electron chi connectivity index (χ3n) is 4.55. The summed E-state index contributed by atoms with van der Waals surface area (Å²) in [6.07, 6.45) is 2.06. The Morgan fingerprint density at radius 1 is 1.35 bits per heavy atom. The Labute approximate surface area is 161 Å². The molecule has 4 rings (SSSR count). The van der Waals surface area contributed by atoms with Crippen LogP contribution < -0.4 is 4.90 Å². The van der Waals surface area contributed by atoms with E-state index in [0.29, 0.717) is 22.3 Å². The van der Waals surface area contributed by atoms with Crippen molar-refractivity contribution in [3.63, 3.8) is 0 Å². The standard InChI is InChI=1S/C20H19ClN2O2S/c1-13-10-15(21)11-17-18(13)22-20(26-17)23(12-16-8-5-9-25-16)19(24)14-6-3-2-4-7-14/h2-4,6-7,10-11,16H,5,8-9,12H2,1H3.